The van der Waals surface area contributed by atoms with Crippen LogP contribution in [0.15, 0.2) is 15.3 Å². The molecule has 3 aromatic heterocycles. The lowest BCUT2D eigenvalue weighted by molar-refractivity contribution is -0.117. The fraction of sp³-hybridized carbons (Fsp3) is 0.375. The number of carbonyl (C=O) groups is 1. The van der Waals surface area contributed by atoms with E-state index in [0.717, 1.165) is 20.7 Å². The Morgan fingerprint density at radius 3 is 2.68 bits per heavy atom. The highest BCUT2D eigenvalue weighted by molar-refractivity contribution is 9.10. The van der Waals surface area contributed by atoms with Crippen molar-refractivity contribution < 1.29 is 4.79 Å². The number of halogens is 1. The summed E-state index contributed by atoms with van der Waals surface area (Å²) in [5, 5.41) is 4.90. The van der Waals surface area contributed by atoms with Gasteiger partial charge in [-0.15, -0.1) is 11.3 Å². The van der Waals surface area contributed by atoms with Crippen molar-refractivity contribution in [3.8, 4) is 0 Å². The lowest BCUT2D eigenvalue weighted by Crippen LogP contribution is -2.35. The number of aryl methyl sites for hydroxylation is 4. The predicted octanol–water partition coefficient (Wildman–Crippen LogP) is 2.81. The van der Waals surface area contributed by atoms with E-state index in [2.05, 4.69) is 31.4 Å². The van der Waals surface area contributed by atoms with Gasteiger partial charge in [-0.05, 0) is 49.7 Å². The van der Waals surface area contributed by atoms with Gasteiger partial charge in [-0.3, -0.25) is 19.7 Å². The Morgan fingerprint density at radius 1 is 1.32 bits per heavy atom. The second-order valence-corrected chi connectivity index (χ2v) is 7.90. The van der Waals surface area contributed by atoms with Crippen molar-refractivity contribution in [3.63, 3.8) is 0 Å². The molecule has 3 aromatic rings. The number of amides is 1. The summed E-state index contributed by atoms with van der Waals surface area (Å²) in [5.74, 6) is 0.198. The maximum Gasteiger partial charge on any atom is 0.281 e. The molecular formula is C16H18BrN5O2S. The van der Waals surface area contributed by atoms with Crippen molar-refractivity contribution in [2.45, 2.75) is 40.7 Å². The number of nitrogens with one attached hydrogen (secondary N) is 1. The van der Waals surface area contributed by atoms with E-state index >= 15 is 0 Å². The average Bonchev–Trinajstić information content (AvgIpc) is 3.04. The van der Waals surface area contributed by atoms with Gasteiger partial charge in [0.15, 0.2) is 0 Å². The smallest absolute Gasteiger partial charge is 0.273 e. The summed E-state index contributed by atoms with van der Waals surface area (Å²) in [4.78, 5) is 31.0. The Kier molecular flexibility index (Phi) is 4.79. The highest BCUT2D eigenvalue weighted by atomic mass is 79.9. The van der Waals surface area contributed by atoms with Gasteiger partial charge in [0, 0.05) is 17.0 Å². The highest BCUT2D eigenvalue weighted by Crippen LogP contribution is 2.21. The van der Waals surface area contributed by atoms with Crippen LogP contribution in [0.1, 0.15) is 28.5 Å². The van der Waals surface area contributed by atoms with Crippen molar-refractivity contribution in [2.75, 3.05) is 5.43 Å². The Balaban J connectivity index is 1.78. The third kappa shape index (κ3) is 3.38. The van der Waals surface area contributed by atoms with E-state index in [9.17, 15) is 9.59 Å². The minimum absolute atomic E-state index is 0.209. The van der Waals surface area contributed by atoms with E-state index in [4.69, 9.17) is 0 Å². The van der Waals surface area contributed by atoms with Crippen LogP contribution >= 0.6 is 27.3 Å². The molecule has 0 atom stereocenters. The highest BCUT2D eigenvalue weighted by Gasteiger charge is 2.14. The van der Waals surface area contributed by atoms with E-state index in [1.807, 2.05) is 20.8 Å². The van der Waals surface area contributed by atoms with Gasteiger partial charge in [-0.1, -0.05) is 0 Å². The molecule has 0 aliphatic heterocycles. The molecule has 0 unspecified atom stereocenters. The third-order valence-corrected chi connectivity index (χ3v) is 6.03. The summed E-state index contributed by atoms with van der Waals surface area (Å²) in [7, 11) is 0. The maximum absolute atomic E-state index is 12.6. The monoisotopic (exact) mass is 423 g/mol. The van der Waals surface area contributed by atoms with Crippen LogP contribution in [0.2, 0.25) is 0 Å². The van der Waals surface area contributed by atoms with E-state index < -0.39 is 0 Å². The van der Waals surface area contributed by atoms with Gasteiger partial charge in [0.05, 0.1) is 22.1 Å². The number of hydrogen-bond donors (Lipinski definition) is 1. The van der Waals surface area contributed by atoms with Crippen LogP contribution in [0.25, 0.3) is 10.2 Å². The van der Waals surface area contributed by atoms with Crippen LogP contribution in [0.3, 0.4) is 0 Å². The van der Waals surface area contributed by atoms with Crippen LogP contribution in [-0.4, -0.2) is 25.3 Å². The Labute approximate surface area is 156 Å². The molecule has 25 heavy (non-hydrogen) atoms. The average molecular weight is 424 g/mol. The Hall–Kier alpha value is -2.00. The summed E-state index contributed by atoms with van der Waals surface area (Å²) in [6.45, 7) is 7.91. The largest absolute Gasteiger partial charge is 0.281 e. The van der Waals surface area contributed by atoms with Crippen molar-refractivity contribution in [2.24, 2.45) is 0 Å². The molecule has 3 rings (SSSR count). The maximum atomic E-state index is 12.6. The zero-order valence-electron chi connectivity index (χ0n) is 14.4. The van der Waals surface area contributed by atoms with Gasteiger partial charge in [0.25, 0.3) is 5.56 Å². The molecule has 0 spiro atoms. The molecule has 0 bridgehead atoms. The summed E-state index contributed by atoms with van der Waals surface area (Å²) in [6, 6.07) is 1.80. The second kappa shape index (κ2) is 6.72. The fourth-order valence-electron chi connectivity index (χ4n) is 2.62. The quantitative estimate of drug-likeness (QED) is 0.699. The summed E-state index contributed by atoms with van der Waals surface area (Å²) in [6.07, 6.45) is 0.209. The lowest BCUT2D eigenvalue weighted by Gasteiger charge is -2.11. The molecule has 0 radical (unpaired) electrons. The molecule has 9 heteroatoms. The predicted molar refractivity (Wildman–Crippen MR) is 102 cm³/mol. The minimum Gasteiger partial charge on any atom is -0.273 e. The Bertz CT molecular complexity index is 1030. The first kappa shape index (κ1) is 17.8. The minimum atomic E-state index is -0.262. The van der Waals surface area contributed by atoms with Crippen LogP contribution in [0.4, 0.5) is 0 Å². The first-order valence-electron chi connectivity index (χ1n) is 7.77. The van der Waals surface area contributed by atoms with Crippen LogP contribution < -0.4 is 11.0 Å². The molecule has 0 aliphatic carbocycles. The standard InChI is InChI=1S/C16H18BrN5O2S/c1-8-7-12-15(25-8)18-11(4)22(16(12)24)20-13(23)5-6-21-10(3)14(17)9(2)19-21/h7H,5-6H2,1-4H3,(H,20,23). The van der Waals surface area contributed by atoms with Gasteiger partial charge >= 0.3 is 0 Å². The zero-order chi connectivity index (χ0) is 18.3. The van der Waals surface area contributed by atoms with Gasteiger partial charge in [0.2, 0.25) is 5.91 Å². The van der Waals surface area contributed by atoms with Gasteiger partial charge in [-0.25, -0.2) is 9.66 Å². The third-order valence-electron chi connectivity index (χ3n) is 3.94. The number of fused-ring (bicyclic) bond motifs is 1. The van der Waals surface area contributed by atoms with Crippen LogP contribution in [0.5, 0.6) is 0 Å². The molecule has 0 aromatic carbocycles. The normalized spacial score (nSPS) is 11.2. The summed E-state index contributed by atoms with van der Waals surface area (Å²) < 4.78 is 3.94. The second-order valence-electron chi connectivity index (χ2n) is 5.87. The SMILES string of the molecule is Cc1cc2c(=O)n(NC(=O)CCn3nc(C)c(Br)c3C)c(C)nc2s1. The lowest BCUT2D eigenvalue weighted by atomic mass is 10.3. The molecule has 1 N–H and O–H groups in total. The first-order chi connectivity index (χ1) is 11.8. The summed E-state index contributed by atoms with van der Waals surface area (Å²) >= 11 is 4.94. The van der Waals surface area contributed by atoms with Crippen molar-refractivity contribution in [1.82, 2.24) is 19.4 Å². The van der Waals surface area contributed by atoms with E-state index in [-0.39, 0.29) is 17.9 Å². The van der Waals surface area contributed by atoms with Crippen molar-refractivity contribution >= 4 is 43.4 Å². The van der Waals surface area contributed by atoms with Crippen LogP contribution in [0, 0.1) is 27.7 Å². The number of nitrogens with zero attached hydrogens (tertiary/aromatic N) is 4. The molecular weight excluding hydrogens is 406 g/mol. The fourth-order valence-corrected chi connectivity index (χ4v) is 3.81. The van der Waals surface area contributed by atoms with E-state index in [1.54, 1.807) is 17.7 Å². The van der Waals surface area contributed by atoms with Crippen LogP contribution in [-0.2, 0) is 11.3 Å². The number of carbonyl (C=O) groups excluding carboxylic acids is 1. The number of hydrogen-bond acceptors (Lipinski definition) is 5. The number of rotatable bonds is 4. The molecule has 0 fully saturated rings. The number of aromatic nitrogens is 4. The molecule has 7 nitrogen and oxygen atoms in total. The van der Waals surface area contributed by atoms with Gasteiger partial charge < -0.3 is 0 Å². The topological polar surface area (TPSA) is 81.8 Å². The van der Waals surface area contributed by atoms with Crippen molar-refractivity contribution in [1.29, 1.82) is 0 Å². The van der Waals surface area contributed by atoms with Gasteiger partial charge in [0.1, 0.15) is 10.7 Å². The molecule has 0 saturated carbocycles. The zero-order valence-corrected chi connectivity index (χ0v) is 16.8. The summed E-state index contributed by atoms with van der Waals surface area (Å²) in [5.41, 5.74) is 4.24. The molecule has 0 saturated heterocycles. The Morgan fingerprint density at radius 2 is 2.04 bits per heavy atom. The molecule has 132 valence electrons. The molecule has 0 aliphatic rings. The van der Waals surface area contributed by atoms with Gasteiger partial charge in [-0.2, -0.15) is 5.10 Å². The molecule has 1 amide bonds. The van der Waals surface area contributed by atoms with E-state index in [1.165, 1.54) is 16.0 Å². The number of thiophene rings is 1. The van der Waals surface area contributed by atoms with Crippen molar-refractivity contribution in [3.05, 3.63) is 43.0 Å². The van der Waals surface area contributed by atoms with E-state index in [0.29, 0.717) is 22.6 Å². The molecule has 3 heterocycles. The first-order valence-corrected chi connectivity index (χ1v) is 9.38.